The van der Waals surface area contributed by atoms with Crippen molar-refractivity contribution in [2.45, 2.75) is 12.7 Å². The summed E-state index contributed by atoms with van der Waals surface area (Å²) < 4.78 is 42.7. The van der Waals surface area contributed by atoms with Crippen molar-refractivity contribution in [1.29, 1.82) is 0 Å². The molecule has 4 nitrogen and oxygen atoms in total. The minimum Gasteiger partial charge on any atom is -0.379 e. The Bertz CT molecular complexity index is 344. The summed E-state index contributed by atoms with van der Waals surface area (Å²) in [7, 11) is 0. The minimum absolute atomic E-state index is 0.189. The van der Waals surface area contributed by atoms with Gasteiger partial charge in [-0.05, 0) is 0 Å². The van der Waals surface area contributed by atoms with Gasteiger partial charge in [-0.2, -0.15) is 18.3 Å². The van der Waals surface area contributed by atoms with Crippen LogP contribution < -0.4 is 0 Å². The lowest BCUT2D eigenvalue weighted by atomic mass is 10.2. The Morgan fingerprint density at radius 2 is 2.06 bits per heavy atom. The van der Waals surface area contributed by atoms with Crippen LogP contribution in [0.25, 0.3) is 0 Å². The van der Waals surface area contributed by atoms with Crippen LogP contribution in [0, 0.1) is 0 Å². The van der Waals surface area contributed by atoms with Crippen molar-refractivity contribution in [1.82, 2.24) is 15.1 Å². The first-order chi connectivity index (χ1) is 7.57. The van der Waals surface area contributed by atoms with Crippen molar-refractivity contribution in [3.63, 3.8) is 0 Å². The fraction of sp³-hybridized carbons (Fsp3) is 0.667. The Hall–Kier alpha value is -1.08. The van der Waals surface area contributed by atoms with Gasteiger partial charge in [0.1, 0.15) is 5.69 Å². The van der Waals surface area contributed by atoms with Crippen molar-refractivity contribution >= 4 is 0 Å². The van der Waals surface area contributed by atoms with Gasteiger partial charge in [0.05, 0.1) is 19.4 Å². The molecule has 1 aliphatic heterocycles. The first-order valence-electron chi connectivity index (χ1n) is 4.97. The lowest BCUT2D eigenvalue weighted by Crippen LogP contribution is -2.36. The molecule has 2 heterocycles. The molecule has 0 aromatic carbocycles. The van der Waals surface area contributed by atoms with E-state index in [1.807, 2.05) is 10.00 Å². The molecule has 1 aromatic rings. The van der Waals surface area contributed by atoms with Crippen LogP contribution in [0.5, 0.6) is 0 Å². The first-order valence-corrected chi connectivity index (χ1v) is 4.97. The van der Waals surface area contributed by atoms with E-state index in [1.165, 1.54) is 6.20 Å². The molecule has 0 spiro atoms. The van der Waals surface area contributed by atoms with Crippen molar-refractivity contribution in [3.05, 3.63) is 17.5 Å². The second-order valence-corrected chi connectivity index (χ2v) is 3.66. The molecule has 16 heavy (non-hydrogen) atoms. The molecule has 0 saturated carbocycles. The molecular formula is C9H12F3N3O. The van der Waals surface area contributed by atoms with E-state index in [-0.39, 0.29) is 12.1 Å². The van der Waals surface area contributed by atoms with E-state index < -0.39 is 11.9 Å². The molecule has 2 rings (SSSR count). The lowest BCUT2D eigenvalue weighted by Gasteiger charge is -2.26. The number of nitrogens with one attached hydrogen (secondary N) is 1. The number of alkyl halides is 3. The van der Waals surface area contributed by atoms with Crippen molar-refractivity contribution in [2.75, 3.05) is 26.3 Å². The Balaban J connectivity index is 2.06. The van der Waals surface area contributed by atoms with Crippen LogP contribution in [0.2, 0.25) is 0 Å². The van der Waals surface area contributed by atoms with Gasteiger partial charge >= 0.3 is 6.18 Å². The van der Waals surface area contributed by atoms with Gasteiger partial charge in [0, 0.05) is 25.2 Å². The second kappa shape index (κ2) is 4.42. The zero-order chi connectivity index (χ0) is 11.6. The van der Waals surface area contributed by atoms with Gasteiger partial charge in [0.2, 0.25) is 0 Å². The van der Waals surface area contributed by atoms with E-state index in [0.717, 1.165) is 0 Å². The maximum Gasteiger partial charge on any atom is 0.433 e. The van der Waals surface area contributed by atoms with Gasteiger partial charge in [-0.15, -0.1) is 0 Å². The van der Waals surface area contributed by atoms with Gasteiger partial charge in [0.25, 0.3) is 0 Å². The summed E-state index contributed by atoms with van der Waals surface area (Å²) >= 11 is 0. The molecule has 1 fully saturated rings. The Labute approximate surface area is 90.4 Å². The van der Waals surface area contributed by atoms with Crippen LogP contribution in [-0.2, 0) is 17.5 Å². The largest absolute Gasteiger partial charge is 0.433 e. The fourth-order valence-corrected chi connectivity index (χ4v) is 1.68. The molecule has 0 amide bonds. The summed E-state index contributed by atoms with van der Waals surface area (Å²) in [6.45, 7) is 2.71. The number of halogens is 3. The lowest BCUT2D eigenvalue weighted by molar-refractivity contribution is -0.142. The van der Waals surface area contributed by atoms with Gasteiger partial charge in [0.15, 0.2) is 0 Å². The zero-order valence-electron chi connectivity index (χ0n) is 8.55. The third-order valence-electron chi connectivity index (χ3n) is 2.50. The highest BCUT2D eigenvalue weighted by atomic mass is 19.4. The molecular weight excluding hydrogens is 223 g/mol. The van der Waals surface area contributed by atoms with E-state index in [4.69, 9.17) is 4.74 Å². The number of H-pyrrole nitrogens is 1. The van der Waals surface area contributed by atoms with Gasteiger partial charge < -0.3 is 4.74 Å². The van der Waals surface area contributed by atoms with Gasteiger partial charge in [-0.3, -0.25) is 10.00 Å². The summed E-state index contributed by atoms with van der Waals surface area (Å²) in [5.41, 5.74) is -0.562. The van der Waals surface area contributed by atoms with Gasteiger partial charge in [-0.1, -0.05) is 0 Å². The first kappa shape index (κ1) is 11.4. The molecule has 0 unspecified atom stereocenters. The molecule has 1 aromatic heterocycles. The van der Waals surface area contributed by atoms with Crippen LogP contribution in [0.3, 0.4) is 0 Å². The second-order valence-electron chi connectivity index (χ2n) is 3.66. The Kier molecular flexibility index (Phi) is 3.15. The van der Waals surface area contributed by atoms with E-state index in [0.29, 0.717) is 26.3 Å². The summed E-state index contributed by atoms with van der Waals surface area (Å²) in [5, 5.41) is 5.45. The Morgan fingerprint density at radius 1 is 1.38 bits per heavy atom. The molecule has 90 valence electrons. The number of ether oxygens (including phenoxy) is 1. The van der Waals surface area contributed by atoms with E-state index in [9.17, 15) is 13.2 Å². The smallest absolute Gasteiger partial charge is 0.379 e. The number of nitrogens with zero attached hydrogens (tertiary/aromatic N) is 2. The number of hydrogen-bond donors (Lipinski definition) is 1. The maximum absolute atomic E-state index is 12.5. The van der Waals surface area contributed by atoms with Crippen LogP contribution in [-0.4, -0.2) is 41.4 Å². The van der Waals surface area contributed by atoms with Crippen molar-refractivity contribution in [2.24, 2.45) is 0 Å². The summed E-state index contributed by atoms with van der Waals surface area (Å²) in [6.07, 6.45) is -3.13. The maximum atomic E-state index is 12.5. The number of morpholine rings is 1. The molecule has 7 heteroatoms. The third kappa shape index (κ3) is 2.53. The number of aromatic amines is 1. The van der Waals surface area contributed by atoms with Crippen LogP contribution in [0.15, 0.2) is 6.20 Å². The Morgan fingerprint density at radius 3 is 2.69 bits per heavy atom. The molecule has 0 bridgehead atoms. The SMILES string of the molecule is FC(F)(F)c1[nH]ncc1CN1CCOCC1. The predicted octanol–water partition coefficient (Wildman–Crippen LogP) is 1.26. The van der Waals surface area contributed by atoms with Crippen LogP contribution in [0.1, 0.15) is 11.3 Å². The predicted molar refractivity (Wildman–Crippen MR) is 49.7 cm³/mol. The van der Waals surface area contributed by atoms with E-state index in [1.54, 1.807) is 0 Å². The molecule has 1 N–H and O–H groups in total. The zero-order valence-corrected chi connectivity index (χ0v) is 8.55. The minimum atomic E-state index is -4.36. The van der Waals surface area contributed by atoms with Crippen LogP contribution in [0.4, 0.5) is 13.2 Å². The summed E-state index contributed by atoms with van der Waals surface area (Å²) in [4.78, 5) is 1.92. The molecule has 0 radical (unpaired) electrons. The average Bonchev–Trinajstić information content (AvgIpc) is 2.67. The average molecular weight is 235 g/mol. The summed E-state index contributed by atoms with van der Waals surface area (Å²) in [5.74, 6) is 0. The van der Waals surface area contributed by atoms with Crippen molar-refractivity contribution < 1.29 is 17.9 Å². The van der Waals surface area contributed by atoms with Crippen molar-refractivity contribution in [3.8, 4) is 0 Å². The fourth-order valence-electron chi connectivity index (χ4n) is 1.68. The summed E-state index contributed by atoms with van der Waals surface area (Å²) in [6, 6.07) is 0. The van der Waals surface area contributed by atoms with E-state index >= 15 is 0 Å². The quantitative estimate of drug-likeness (QED) is 0.839. The number of rotatable bonds is 2. The highest BCUT2D eigenvalue weighted by Crippen LogP contribution is 2.30. The standard InChI is InChI=1S/C9H12F3N3O/c10-9(11,12)8-7(5-13-14-8)6-15-1-3-16-4-2-15/h5H,1-4,6H2,(H,13,14). The highest BCUT2D eigenvalue weighted by Gasteiger charge is 2.35. The normalized spacial score (nSPS) is 18.9. The van der Waals surface area contributed by atoms with Gasteiger partial charge in [-0.25, -0.2) is 0 Å². The number of aromatic nitrogens is 2. The highest BCUT2D eigenvalue weighted by molar-refractivity contribution is 5.19. The molecule has 0 atom stereocenters. The molecule has 1 saturated heterocycles. The molecule has 1 aliphatic rings. The third-order valence-corrected chi connectivity index (χ3v) is 2.50. The molecule has 0 aliphatic carbocycles. The topological polar surface area (TPSA) is 41.2 Å². The number of hydrogen-bond acceptors (Lipinski definition) is 3. The van der Waals surface area contributed by atoms with E-state index in [2.05, 4.69) is 5.10 Å². The van der Waals surface area contributed by atoms with Crippen LogP contribution >= 0.6 is 0 Å². The monoisotopic (exact) mass is 235 g/mol.